The molecule has 0 aliphatic carbocycles. The van der Waals surface area contributed by atoms with E-state index in [1.807, 2.05) is 13.8 Å². The molecule has 4 N–H and O–H groups in total. The lowest BCUT2D eigenvalue weighted by Crippen LogP contribution is -2.56. The molecule has 0 radical (unpaired) electrons. The summed E-state index contributed by atoms with van der Waals surface area (Å²) in [6.45, 7) is 8.98. The maximum Gasteiger partial charge on any atom is 0.206 e. The van der Waals surface area contributed by atoms with Crippen LogP contribution in [0.4, 0.5) is 0 Å². The second-order valence-corrected chi connectivity index (χ2v) is 4.52. The molecule has 0 aromatic heterocycles. The van der Waals surface area contributed by atoms with Crippen LogP contribution < -0.4 is 16.6 Å². The SMILES string of the molecule is CC(C)N=C(NN)NC1(C)CCOC1C. The third-order valence-electron chi connectivity index (χ3n) is 2.81. The molecule has 88 valence electrons. The molecule has 0 bridgehead atoms. The Bertz CT molecular complexity index is 242. The van der Waals surface area contributed by atoms with E-state index in [1.165, 1.54) is 0 Å². The minimum atomic E-state index is -0.0832. The standard InChI is InChI=1S/C10H22N4O/c1-7(2)12-9(14-11)13-10(4)5-6-15-8(10)3/h7-8H,5-6,11H2,1-4H3,(H2,12,13,14). The fourth-order valence-electron chi connectivity index (χ4n) is 1.63. The molecule has 0 aromatic carbocycles. The quantitative estimate of drug-likeness (QED) is 0.269. The lowest BCUT2D eigenvalue weighted by atomic mass is 9.95. The van der Waals surface area contributed by atoms with Crippen LogP contribution in [0.15, 0.2) is 4.99 Å². The highest BCUT2D eigenvalue weighted by Gasteiger charge is 2.37. The summed E-state index contributed by atoms with van der Waals surface area (Å²) in [7, 11) is 0. The van der Waals surface area contributed by atoms with Gasteiger partial charge in [-0.1, -0.05) is 0 Å². The fourth-order valence-corrected chi connectivity index (χ4v) is 1.63. The van der Waals surface area contributed by atoms with Gasteiger partial charge in [-0.2, -0.15) is 0 Å². The summed E-state index contributed by atoms with van der Waals surface area (Å²) in [6.07, 6.45) is 1.13. The van der Waals surface area contributed by atoms with E-state index in [-0.39, 0.29) is 17.7 Å². The summed E-state index contributed by atoms with van der Waals surface area (Å²) in [5.41, 5.74) is 2.51. The van der Waals surface area contributed by atoms with E-state index in [9.17, 15) is 0 Å². The summed E-state index contributed by atoms with van der Waals surface area (Å²) >= 11 is 0. The first kappa shape index (κ1) is 12.3. The number of nitrogens with two attached hydrogens (primary N) is 1. The van der Waals surface area contributed by atoms with E-state index in [0.29, 0.717) is 5.96 Å². The summed E-state index contributed by atoms with van der Waals surface area (Å²) in [6, 6.07) is 0.213. The molecule has 2 unspecified atom stereocenters. The Morgan fingerprint density at radius 1 is 1.60 bits per heavy atom. The number of nitrogens with one attached hydrogen (secondary N) is 2. The molecule has 0 aromatic rings. The molecule has 0 spiro atoms. The monoisotopic (exact) mass is 214 g/mol. The van der Waals surface area contributed by atoms with Crippen LogP contribution in [-0.4, -0.2) is 30.3 Å². The van der Waals surface area contributed by atoms with Crippen LogP contribution in [0, 0.1) is 0 Å². The van der Waals surface area contributed by atoms with Crippen LogP contribution in [0.5, 0.6) is 0 Å². The van der Waals surface area contributed by atoms with Gasteiger partial charge in [0.1, 0.15) is 0 Å². The van der Waals surface area contributed by atoms with Gasteiger partial charge in [0.15, 0.2) is 0 Å². The zero-order chi connectivity index (χ0) is 11.5. The number of ether oxygens (including phenoxy) is 1. The van der Waals surface area contributed by atoms with Gasteiger partial charge in [0.2, 0.25) is 5.96 Å². The van der Waals surface area contributed by atoms with Crippen molar-refractivity contribution in [2.75, 3.05) is 6.61 Å². The predicted octanol–water partition coefficient (Wildman–Crippen LogP) is 0.371. The Balaban J connectivity index is 2.66. The van der Waals surface area contributed by atoms with Crippen molar-refractivity contribution in [3.05, 3.63) is 0 Å². The summed E-state index contributed by atoms with van der Waals surface area (Å²) in [5, 5.41) is 3.31. The Hall–Kier alpha value is -0.810. The van der Waals surface area contributed by atoms with E-state index in [0.717, 1.165) is 13.0 Å². The molecular weight excluding hydrogens is 192 g/mol. The first-order chi connectivity index (χ1) is 6.98. The smallest absolute Gasteiger partial charge is 0.206 e. The van der Waals surface area contributed by atoms with Gasteiger partial charge in [-0.3, -0.25) is 5.43 Å². The minimum absolute atomic E-state index is 0.0832. The maximum atomic E-state index is 5.53. The molecule has 1 aliphatic heterocycles. The van der Waals surface area contributed by atoms with Crippen molar-refractivity contribution in [1.29, 1.82) is 0 Å². The number of guanidine groups is 1. The molecule has 1 heterocycles. The van der Waals surface area contributed by atoms with Gasteiger partial charge in [-0.05, 0) is 34.1 Å². The zero-order valence-electron chi connectivity index (χ0n) is 10.0. The van der Waals surface area contributed by atoms with Gasteiger partial charge in [0, 0.05) is 12.6 Å². The van der Waals surface area contributed by atoms with Gasteiger partial charge in [0.25, 0.3) is 0 Å². The Morgan fingerprint density at radius 3 is 2.67 bits per heavy atom. The van der Waals surface area contributed by atoms with Crippen molar-refractivity contribution in [2.45, 2.75) is 51.8 Å². The summed E-state index contributed by atoms with van der Waals surface area (Å²) in [4.78, 5) is 4.35. The van der Waals surface area contributed by atoms with Crippen LogP contribution in [0.25, 0.3) is 0 Å². The average molecular weight is 214 g/mol. The summed E-state index contributed by atoms with van der Waals surface area (Å²) < 4.78 is 5.53. The Labute approximate surface area is 91.4 Å². The van der Waals surface area contributed by atoms with Crippen LogP contribution in [-0.2, 0) is 4.74 Å². The molecular formula is C10H22N4O. The first-order valence-electron chi connectivity index (χ1n) is 5.42. The van der Waals surface area contributed by atoms with Gasteiger partial charge in [-0.15, -0.1) is 0 Å². The number of hydrogen-bond acceptors (Lipinski definition) is 3. The van der Waals surface area contributed by atoms with Crippen LogP contribution in [0.1, 0.15) is 34.1 Å². The number of hydrogen-bond donors (Lipinski definition) is 3. The Morgan fingerprint density at radius 2 is 2.27 bits per heavy atom. The lowest BCUT2D eigenvalue weighted by molar-refractivity contribution is 0.0945. The van der Waals surface area contributed by atoms with Crippen molar-refractivity contribution in [3.63, 3.8) is 0 Å². The zero-order valence-corrected chi connectivity index (χ0v) is 10.0. The highest BCUT2D eigenvalue weighted by Crippen LogP contribution is 2.24. The van der Waals surface area contributed by atoms with Gasteiger partial charge in [-0.25, -0.2) is 10.8 Å². The molecule has 0 amide bonds. The number of aliphatic imine (C=N–C) groups is 1. The fraction of sp³-hybridized carbons (Fsp3) is 0.900. The van der Waals surface area contributed by atoms with Crippen molar-refractivity contribution in [2.24, 2.45) is 10.8 Å². The minimum Gasteiger partial charge on any atom is -0.376 e. The molecule has 15 heavy (non-hydrogen) atoms. The number of hydrazine groups is 1. The van der Waals surface area contributed by atoms with Crippen molar-refractivity contribution in [1.82, 2.24) is 10.7 Å². The van der Waals surface area contributed by atoms with E-state index >= 15 is 0 Å². The molecule has 5 nitrogen and oxygen atoms in total. The van der Waals surface area contributed by atoms with Gasteiger partial charge < -0.3 is 10.1 Å². The Kier molecular flexibility index (Phi) is 3.93. The summed E-state index contributed by atoms with van der Waals surface area (Å²) in [5.74, 6) is 6.05. The van der Waals surface area contributed by atoms with Gasteiger partial charge >= 0.3 is 0 Å². The van der Waals surface area contributed by atoms with Crippen molar-refractivity contribution >= 4 is 5.96 Å². The van der Waals surface area contributed by atoms with E-state index in [1.54, 1.807) is 0 Å². The molecule has 1 aliphatic rings. The third kappa shape index (κ3) is 3.07. The number of rotatable bonds is 2. The molecule has 1 rings (SSSR count). The molecule has 1 fully saturated rings. The highest BCUT2D eigenvalue weighted by atomic mass is 16.5. The first-order valence-corrected chi connectivity index (χ1v) is 5.42. The second kappa shape index (κ2) is 4.81. The largest absolute Gasteiger partial charge is 0.376 e. The van der Waals surface area contributed by atoms with Crippen molar-refractivity contribution in [3.8, 4) is 0 Å². The topological polar surface area (TPSA) is 71.7 Å². The molecule has 0 saturated carbocycles. The lowest BCUT2D eigenvalue weighted by Gasteiger charge is -2.30. The molecule has 1 saturated heterocycles. The van der Waals surface area contributed by atoms with Crippen molar-refractivity contribution < 1.29 is 4.74 Å². The van der Waals surface area contributed by atoms with E-state index in [2.05, 4.69) is 29.6 Å². The maximum absolute atomic E-state index is 5.53. The van der Waals surface area contributed by atoms with Crippen LogP contribution in [0.2, 0.25) is 0 Å². The highest BCUT2D eigenvalue weighted by molar-refractivity contribution is 5.80. The van der Waals surface area contributed by atoms with E-state index < -0.39 is 0 Å². The molecule has 5 heteroatoms. The van der Waals surface area contributed by atoms with Gasteiger partial charge in [0.05, 0.1) is 11.6 Å². The van der Waals surface area contributed by atoms with Crippen LogP contribution >= 0.6 is 0 Å². The number of nitrogens with zero attached hydrogens (tertiary/aromatic N) is 1. The molecule has 2 atom stereocenters. The normalized spacial score (nSPS) is 32.1. The predicted molar refractivity (Wildman–Crippen MR) is 61.5 cm³/mol. The van der Waals surface area contributed by atoms with Crippen LogP contribution in [0.3, 0.4) is 0 Å². The average Bonchev–Trinajstić information content (AvgIpc) is 2.45. The second-order valence-electron chi connectivity index (χ2n) is 4.52. The third-order valence-corrected chi connectivity index (χ3v) is 2.81. The van der Waals surface area contributed by atoms with E-state index in [4.69, 9.17) is 10.6 Å².